The fourth-order valence-electron chi connectivity index (χ4n) is 6.82. The lowest BCUT2D eigenvalue weighted by Gasteiger charge is -2.21. The molecule has 0 amide bonds. The predicted octanol–water partition coefficient (Wildman–Crippen LogP) is 9.27. The van der Waals surface area contributed by atoms with Crippen molar-refractivity contribution in [2.45, 2.75) is 19.3 Å². The summed E-state index contributed by atoms with van der Waals surface area (Å²) >= 11 is 0. The first-order chi connectivity index (χ1) is 18.6. The molecule has 0 spiro atoms. The zero-order valence-corrected chi connectivity index (χ0v) is 21.3. The summed E-state index contributed by atoms with van der Waals surface area (Å²) in [7, 11) is 0. The molecule has 0 bridgehead atoms. The van der Waals surface area contributed by atoms with Crippen LogP contribution in [0.15, 0.2) is 109 Å². The van der Waals surface area contributed by atoms with Gasteiger partial charge in [-0.15, -0.1) is 0 Å². The molecule has 1 aliphatic carbocycles. The van der Waals surface area contributed by atoms with E-state index in [9.17, 15) is 5.26 Å². The van der Waals surface area contributed by atoms with Crippen molar-refractivity contribution >= 4 is 43.4 Å². The van der Waals surface area contributed by atoms with E-state index < -0.39 is 0 Å². The molecular weight excluding hydrogens is 460 g/mol. The van der Waals surface area contributed by atoms with Crippen LogP contribution in [0.2, 0.25) is 0 Å². The third kappa shape index (κ3) is 2.61. The Kier molecular flexibility index (Phi) is 4.10. The normalized spacial score (nSPS) is 13.7. The van der Waals surface area contributed by atoms with Crippen molar-refractivity contribution < 1.29 is 0 Å². The van der Waals surface area contributed by atoms with Gasteiger partial charge in [0.2, 0.25) is 0 Å². The fourth-order valence-corrected chi connectivity index (χ4v) is 6.82. The molecule has 0 radical (unpaired) electrons. The van der Waals surface area contributed by atoms with Gasteiger partial charge in [-0.1, -0.05) is 86.6 Å². The first-order valence-electron chi connectivity index (χ1n) is 13.1. The van der Waals surface area contributed by atoms with Gasteiger partial charge >= 0.3 is 0 Å². The molecule has 2 nitrogen and oxygen atoms in total. The zero-order valence-electron chi connectivity index (χ0n) is 21.3. The third-order valence-corrected chi connectivity index (χ3v) is 8.59. The Morgan fingerprint density at radius 3 is 1.97 bits per heavy atom. The molecule has 38 heavy (non-hydrogen) atoms. The molecule has 8 rings (SSSR count). The Morgan fingerprint density at radius 1 is 0.605 bits per heavy atom. The molecule has 1 aliphatic rings. The van der Waals surface area contributed by atoms with Crippen LogP contribution in [-0.2, 0) is 5.41 Å². The van der Waals surface area contributed by atoms with E-state index in [0.29, 0.717) is 5.56 Å². The van der Waals surface area contributed by atoms with Crippen LogP contribution >= 0.6 is 0 Å². The van der Waals surface area contributed by atoms with Crippen molar-refractivity contribution in [2.75, 3.05) is 0 Å². The van der Waals surface area contributed by atoms with Crippen LogP contribution in [0.4, 0.5) is 0 Å². The van der Waals surface area contributed by atoms with Gasteiger partial charge in [0.1, 0.15) is 0 Å². The molecule has 1 heterocycles. The number of rotatable bonds is 1. The van der Waals surface area contributed by atoms with Gasteiger partial charge < -0.3 is 4.57 Å². The molecular formula is C36H24N2. The van der Waals surface area contributed by atoms with E-state index in [4.69, 9.17) is 0 Å². The molecule has 178 valence electrons. The summed E-state index contributed by atoms with van der Waals surface area (Å²) in [5, 5.41) is 17.0. The van der Waals surface area contributed by atoms with Gasteiger partial charge in [0.25, 0.3) is 0 Å². The molecule has 0 unspecified atom stereocenters. The topological polar surface area (TPSA) is 28.7 Å². The lowest BCUT2D eigenvalue weighted by molar-refractivity contribution is 0.661. The number of hydrogen-bond donors (Lipinski definition) is 0. The smallest absolute Gasteiger partial charge is 0.0991 e. The highest BCUT2D eigenvalue weighted by Gasteiger charge is 2.36. The molecule has 0 aliphatic heterocycles. The van der Waals surface area contributed by atoms with Gasteiger partial charge in [-0.2, -0.15) is 5.26 Å². The maximum Gasteiger partial charge on any atom is 0.0991 e. The van der Waals surface area contributed by atoms with Crippen LogP contribution in [0.25, 0.3) is 60.2 Å². The first kappa shape index (κ1) is 21.2. The standard InChI is InChI=1S/C36H24N2/c1-36(2)31-14-8-7-11-26(31)29-19-30-33(20-32(29)36)38(23-17-15-22(21-37)16-18-23)35-28-13-6-4-10-25(28)24-9-3-5-12-27(24)34(30)35/h3-20H,1-2H3. The maximum atomic E-state index is 9.45. The van der Waals surface area contributed by atoms with Gasteiger partial charge in [-0.05, 0) is 74.8 Å². The quantitative estimate of drug-likeness (QED) is 0.213. The second-order valence-corrected chi connectivity index (χ2v) is 10.9. The van der Waals surface area contributed by atoms with Gasteiger partial charge in [-0.3, -0.25) is 0 Å². The lowest BCUT2D eigenvalue weighted by atomic mass is 9.82. The van der Waals surface area contributed by atoms with E-state index in [1.54, 1.807) is 0 Å². The second-order valence-electron chi connectivity index (χ2n) is 10.9. The summed E-state index contributed by atoms with van der Waals surface area (Å²) in [5.74, 6) is 0. The second kappa shape index (κ2) is 7.34. The van der Waals surface area contributed by atoms with Crippen LogP contribution in [0, 0.1) is 11.3 Å². The number of fused-ring (bicyclic) bond motifs is 11. The SMILES string of the molecule is CC1(C)c2ccccc2-c2cc3c4c5ccccc5c5ccccc5c4n(-c4ccc(C#N)cc4)c3cc21. The van der Waals surface area contributed by atoms with Gasteiger partial charge in [-0.25, -0.2) is 0 Å². The Balaban J connectivity index is 1.65. The monoisotopic (exact) mass is 484 g/mol. The fraction of sp³-hybridized carbons (Fsp3) is 0.0833. The minimum atomic E-state index is -0.0871. The number of aromatic nitrogens is 1. The zero-order chi connectivity index (χ0) is 25.6. The highest BCUT2D eigenvalue weighted by molar-refractivity contribution is 6.32. The summed E-state index contributed by atoms with van der Waals surface area (Å²) < 4.78 is 2.42. The maximum absolute atomic E-state index is 9.45. The van der Waals surface area contributed by atoms with Crippen molar-refractivity contribution in [2.24, 2.45) is 0 Å². The number of benzene rings is 6. The highest BCUT2D eigenvalue weighted by Crippen LogP contribution is 2.52. The van der Waals surface area contributed by atoms with Crippen LogP contribution in [0.5, 0.6) is 0 Å². The molecule has 0 saturated carbocycles. The Morgan fingerprint density at radius 2 is 1.24 bits per heavy atom. The van der Waals surface area contributed by atoms with Gasteiger partial charge in [0.15, 0.2) is 0 Å². The van der Waals surface area contributed by atoms with Crippen LogP contribution in [0.3, 0.4) is 0 Å². The predicted molar refractivity (Wildman–Crippen MR) is 158 cm³/mol. The third-order valence-electron chi connectivity index (χ3n) is 8.59. The average Bonchev–Trinajstić information content (AvgIpc) is 3.42. The summed E-state index contributed by atoms with van der Waals surface area (Å²) in [6.07, 6.45) is 0. The molecule has 6 aromatic carbocycles. The van der Waals surface area contributed by atoms with E-state index in [0.717, 1.165) is 5.69 Å². The van der Waals surface area contributed by atoms with Gasteiger partial charge in [0.05, 0.1) is 22.7 Å². The molecule has 0 saturated heterocycles. The molecule has 0 N–H and O–H groups in total. The van der Waals surface area contributed by atoms with E-state index >= 15 is 0 Å². The number of hydrogen-bond acceptors (Lipinski definition) is 1. The molecule has 2 heteroatoms. The van der Waals surface area contributed by atoms with Gasteiger partial charge in [0, 0.05) is 27.3 Å². The van der Waals surface area contributed by atoms with E-state index in [-0.39, 0.29) is 5.41 Å². The molecule has 7 aromatic rings. The minimum Gasteiger partial charge on any atom is -0.309 e. The number of nitriles is 1. The van der Waals surface area contributed by atoms with Crippen molar-refractivity contribution in [1.82, 2.24) is 4.57 Å². The highest BCUT2D eigenvalue weighted by atomic mass is 15.0. The molecule has 1 aromatic heterocycles. The Hall–Kier alpha value is -4.87. The lowest BCUT2D eigenvalue weighted by Crippen LogP contribution is -2.14. The van der Waals surface area contributed by atoms with Crippen molar-refractivity contribution in [1.29, 1.82) is 5.26 Å². The largest absolute Gasteiger partial charge is 0.309 e. The summed E-state index contributed by atoms with van der Waals surface area (Å²) in [4.78, 5) is 0. The van der Waals surface area contributed by atoms with Crippen LogP contribution in [-0.4, -0.2) is 4.57 Å². The summed E-state index contributed by atoms with van der Waals surface area (Å²) in [6.45, 7) is 4.67. The molecule has 0 atom stereocenters. The van der Waals surface area contributed by atoms with Crippen LogP contribution in [0.1, 0.15) is 30.5 Å². The van der Waals surface area contributed by atoms with Crippen molar-refractivity contribution in [3.05, 3.63) is 126 Å². The number of nitrogens with zero attached hydrogens (tertiary/aromatic N) is 2. The van der Waals surface area contributed by atoms with Crippen molar-refractivity contribution in [3.63, 3.8) is 0 Å². The van der Waals surface area contributed by atoms with E-state index in [1.165, 1.54) is 65.6 Å². The first-order valence-corrected chi connectivity index (χ1v) is 13.1. The summed E-state index contributed by atoms with van der Waals surface area (Å²) in [6, 6.07) is 41.5. The Labute approximate surface area is 221 Å². The minimum absolute atomic E-state index is 0.0871. The van der Waals surface area contributed by atoms with Crippen LogP contribution < -0.4 is 0 Å². The molecule has 0 fully saturated rings. The van der Waals surface area contributed by atoms with Crippen molar-refractivity contribution in [3.8, 4) is 22.9 Å². The Bertz CT molecular complexity index is 2150. The average molecular weight is 485 g/mol. The summed E-state index contributed by atoms with van der Waals surface area (Å²) in [5.41, 5.74) is 9.47. The van der Waals surface area contributed by atoms with E-state index in [1.807, 2.05) is 12.1 Å². The van der Waals surface area contributed by atoms with E-state index in [2.05, 4.69) is 122 Å².